The van der Waals surface area contributed by atoms with Crippen LogP contribution in [0.1, 0.15) is 24.4 Å². The van der Waals surface area contributed by atoms with Crippen LogP contribution in [0.25, 0.3) is 11.3 Å². The summed E-state index contributed by atoms with van der Waals surface area (Å²) in [6.07, 6.45) is 3.76. The molecule has 0 aliphatic carbocycles. The van der Waals surface area contributed by atoms with Gasteiger partial charge in [-0.2, -0.15) is 0 Å². The van der Waals surface area contributed by atoms with Gasteiger partial charge in [-0.1, -0.05) is 64.8 Å². The van der Waals surface area contributed by atoms with Crippen LogP contribution in [-0.4, -0.2) is 38.9 Å². The van der Waals surface area contributed by atoms with Crippen molar-refractivity contribution < 1.29 is 4.79 Å². The van der Waals surface area contributed by atoms with E-state index >= 15 is 0 Å². The molecule has 7 heteroatoms. The summed E-state index contributed by atoms with van der Waals surface area (Å²) in [6, 6.07) is 15.5. The maximum Gasteiger partial charge on any atom is 0.222 e. The Balaban J connectivity index is 1.36. The van der Waals surface area contributed by atoms with Crippen LogP contribution in [-0.2, 0) is 11.2 Å². The van der Waals surface area contributed by atoms with E-state index in [2.05, 4.69) is 10.3 Å². The number of carbonyl (C=O) groups is 1. The summed E-state index contributed by atoms with van der Waals surface area (Å²) in [7, 11) is 0. The van der Waals surface area contributed by atoms with Gasteiger partial charge in [-0.3, -0.25) is 4.79 Å². The summed E-state index contributed by atoms with van der Waals surface area (Å²) >= 11 is 12.4. The molecular weight excluding hydrogens is 395 g/mol. The van der Waals surface area contributed by atoms with Crippen LogP contribution in [0.2, 0.25) is 10.0 Å². The lowest BCUT2D eigenvalue weighted by Gasteiger charge is -2.17. The van der Waals surface area contributed by atoms with Crippen LogP contribution >= 0.6 is 23.2 Å². The smallest absolute Gasteiger partial charge is 0.222 e. The zero-order valence-electron chi connectivity index (χ0n) is 15.3. The van der Waals surface area contributed by atoms with Crippen LogP contribution in [0.4, 0.5) is 0 Å². The molecule has 1 aliphatic rings. The number of nitrogens with zero attached hydrogens (tertiary/aromatic N) is 4. The van der Waals surface area contributed by atoms with Gasteiger partial charge in [0.1, 0.15) is 5.69 Å². The predicted octanol–water partition coefficient (Wildman–Crippen LogP) is 4.66. The van der Waals surface area contributed by atoms with Gasteiger partial charge in [-0.05, 0) is 30.5 Å². The number of hydrogen-bond acceptors (Lipinski definition) is 3. The van der Waals surface area contributed by atoms with Crippen LogP contribution in [0, 0.1) is 0 Å². The average molecular weight is 415 g/mol. The highest BCUT2D eigenvalue weighted by Gasteiger charge is 2.28. The molecule has 5 nitrogen and oxygen atoms in total. The van der Waals surface area contributed by atoms with E-state index in [1.54, 1.807) is 12.1 Å². The molecule has 1 amide bonds. The first-order chi connectivity index (χ1) is 13.6. The second-order valence-corrected chi connectivity index (χ2v) is 7.75. The zero-order chi connectivity index (χ0) is 19.5. The van der Waals surface area contributed by atoms with Crippen LogP contribution in [0.15, 0.2) is 54.7 Å². The standard InChI is InChI=1S/C21H20Cl2N4O/c22-18-7-4-8-19(23)17(18)9-10-21(28)26-12-11-16(13-26)27-14-20(24-25-27)15-5-2-1-3-6-15/h1-8,14,16H,9-13H2. The maximum atomic E-state index is 12.6. The van der Waals surface area contributed by atoms with Gasteiger partial charge in [-0.25, -0.2) is 4.68 Å². The lowest BCUT2D eigenvalue weighted by atomic mass is 10.1. The Morgan fingerprint density at radius 1 is 1.07 bits per heavy atom. The average Bonchev–Trinajstić information content (AvgIpc) is 3.38. The molecule has 0 N–H and O–H groups in total. The third-order valence-electron chi connectivity index (χ3n) is 5.12. The maximum absolute atomic E-state index is 12.6. The quantitative estimate of drug-likeness (QED) is 0.609. The summed E-state index contributed by atoms with van der Waals surface area (Å²) < 4.78 is 1.88. The van der Waals surface area contributed by atoms with E-state index in [1.165, 1.54) is 0 Å². The second kappa shape index (κ2) is 8.33. The minimum absolute atomic E-state index is 0.113. The summed E-state index contributed by atoms with van der Waals surface area (Å²) in [4.78, 5) is 14.5. The van der Waals surface area contributed by atoms with Crippen molar-refractivity contribution in [2.45, 2.75) is 25.3 Å². The van der Waals surface area contributed by atoms with Crippen LogP contribution < -0.4 is 0 Å². The monoisotopic (exact) mass is 414 g/mol. The van der Waals surface area contributed by atoms with E-state index in [0.717, 1.165) is 29.8 Å². The summed E-state index contributed by atoms with van der Waals surface area (Å²) in [5, 5.41) is 9.77. The first-order valence-corrected chi connectivity index (χ1v) is 10.1. The number of hydrogen-bond donors (Lipinski definition) is 0. The van der Waals surface area contributed by atoms with E-state index in [-0.39, 0.29) is 11.9 Å². The molecule has 0 spiro atoms. The minimum Gasteiger partial charge on any atom is -0.340 e. The third-order valence-corrected chi connectivity index (χ3v) is 5.83. The van der Waals surface area contributed by atoms with Crippen LogP contribution in [0.3, 0.4) is 0 Å². The summed E-state index contributed by atoms with van der Waals surface area (Å²) in [5.41, 5.74) is 2.72. The van der Waals surface area contributed by atoms with E-state index in [0.29, 0.717) is 29.4 Å². The molecule has 1 aromatic heterocycles. The molecule has 1 unspecified atom stereocenters. The Morgan fingerprint density at radius 2 is 1.82 bits per heavy atom. The normalized spacial score (nSPS) is 16.5. The highest BCUT2D eigenvalue weighted by Crippen LogP contribution is 2.27. The predicted molar refractivity (Wildman–Crippen MR) is 110 cm³/mol. The van der Waals surface area contributed by atoms with Gasteiger partial charge in [0.05, 0.1) is 12.2 Å². The largest absolute Gasteiger partial charge is 0.340 e. The van der Waals surface area contributed by atoms with Gasteiger partial charge in [0.25, 0.3) is 0 Å². The molecule has 4 rings (SSSR count). The fourth-order valence-corrected chi connectivity index (χ4v) is 4.13. The fourth-order valence-electron chi connectivity index (χ4n) is 3.54. The van der Waals surface area contributed by atoms with Crippen molar-refractivity contribution in [2.75, 3.05) is 13.1 Å². The molecule has 1 saturated heterocycles. The van der Waals surface area contributed by atoms with Crippen molar-refractivity contribution in [3.05, 3.63) is 70.3 Å². The molecule has 2 heterocycles. The highest BCUT2D eigenvalue weighted by atomic mass is 35.5. The van der Waals surface area contributed by atoms with Crippen molar-refractivity contribution in [1.82, 2.24) is 19.9 Å². The molecule has 3 aromatic rings. The van der Waals surface area contributed by atoms with Crippen molar-refractivity contribution in [3.63, 3.8) is 0 Å². The van der Waals surface area contributed by atoms with E-state index in [9.17, 15) is 4.79 Å². The Kier molecular flexibility index (Phi) is 5.64. The Hall–Kier alpha value is -2.37. The number of carbonyl (C=O) groups excluding carboxylic acids is 1. The number of aromatic nitrogens is 3. The fraction of sp³-hybridized carbons (Fsp3) is 0.286. The van der Waals surface area contributed by atoms with Gasteiger partial charge in [0.2, 0.25) is 5.91 Å². The van der Waals surface area contributed by atoms with Crippen molar-refractivity contribution in [1.29, 1.82) is 0 Å². The van der Waals surface area contributed by atoms with Crippen molar-refractivity contribution in [2.24, 2.45) is 0 Å². The zero-order valence-corrected chi connectivity index (χ0v) is 16.8. The first kappa shape index (κ1) is 19.0. The third kappa shape index (κ3) is 4.05. The summed E-state index contributed by atoms with van der Waals surface area (Å²) in [6.45, 7) is 1.37. The summed E-state index contributed by atoms with van der Waals surface area (Å²) in [5.74, 6) is 0.113. The van der Waals surface area contributed by atoms with E-state index in [1.807, 2.05) is 52.2 Å². The Bertz CT molecular complexity index is 953. The number of likely N-dealkylation sites (tertiary alicyclic amines) is 1. The van der Waals surface area contributed by atoms with E-state index < -0.39 is 0 Å². The molecule has 0 saturated carbocycles. The SMILES string of the molecule is O=C(CCc1c(Cl)cccc1Cl)N1CCC(n2cc(-c3ccccc3)nn2)C1. The molecular formula is C21H20Cl2N4O. The topological polar surface area (TPSA) is 51.0 Å². The van der Waals surface area contributed by atoms with Gasteiger partial charge in [-0.15, -0.1) is 5.10 Å². The molecule has 0 bridgehead atoms. The van der Waals surface area contributed by atoms with Gasteiger partial charge in [0, 0.05) is 35.1 Å². The molecule has 1 aliphatic heterocycles. The Labute approximate surface area is 173 Å². The Morgan fingerprint density at radius 3 is 2.57 bits per heavy atom. The lowest BCUT2D eigenvalue weighted by molar-refractivity contribution is -0.130. The van der Waals surface area contributed by atoms with Crippen molar-refractivity contribution >= 4 is 29.1 Å². The highest BCUT2D eigenvalue weighted by molar-refractivity contribution is 6.36. The van der Waals surface area contributed by atoms with Gasteiger partial charge in [0.15, 0.2) is 0 Å². The van der Waals surface area contributed by atoms with E-state index in [4.69, 9.17) is 23.2 Å². The molecule has 2 aromatic carbocycles. The first-order valence-electron chi connectivity index (χ1n) is 9.30. The van der Waals surface area contributed by atoms with Gasteiger partial charge >= 0.3 is 0 Å². The molecule has 0 radical (unpaired) electrons. The number of amides is 1. The molecule has 1 atom stereocenters. The van der Waals surface area contributed by atoms with Crippen molar-refractivity contribution in [3.8, 4) is 11.3 Å². The van der Waals surface area contributed by atoms with Gasteiger partial charge < -0.3 is 4.90 Å². The molecule has 144 valence electrons. The number of halogens is 2. The second-order valence-electron chi connectivity index (χ2n) is 6.93. The lowest BCUT2D eigenvalue weighted by Crippen LogP contribution is -2.29. The number of rotatable bonds is 5. The number of benzene rings is 2. The molecule has 28 heavy (non-hydrogen) atoms. The van der Waals surface area contributed by atoms with Crippen LogP contribution in [0.5, 0.6) is 0 Å². The minimum atomic E-state index is 0.113. The molecule has 1 fully saturated rings.